The predicted octanol–water partition coefficient (Wildman–Crippen LogP) is 4.17. The Balaban J connectivity index is 2.55. The van der Waals surface area contributed by atoms with Crippen LogP contribution >= 0.6 is 24.0 Å². The highest BCUT2D eigenvalue weighted by molar-refractivity contribution is 7.79. The Hall–Kier alpha value is -0.800. The van der Waals surface area contributed by atoms with Crippen molar-refractivity contribution in [3.63, 3.8) is 0 Å². The second-order valence-corrected chi connectivity index (χ2v) is 5.25. The smallest absolute Gasteiger partial charge is 0.124 e. The van der Waals surface area contributed by atoms with E-state index in [1.54, 1.807) is 11.3 Å². The van der Waals surface area contributed by atoms with Gasteiger partial charge < -0.3 is 0 Å². The molecule has 0 unspecified atom stereocenters. The summed E-state index contributed by atoms with van der Waals surface area (Å²) in [5, 5.41) is 3.19. The molecule has 0 spiro atoms. The van der Waals surface area contributed by atoms with Gasteiger partial charge in [0.1, 0.15) is 5.01 Å². The minimum Gasteiger partial charge on any atom is -0.240 e. The van der Waals surface area contributed by atoms with Gasteiger partial charge in [-0.15, -0.1) is 11.3 Å². The van der Waals surface area contributed by atoms with Crippen molar-refractivity contribution in [1.82, 2.24) is 4.98 Å². The van der Waals surface area contributed by atoms with E-state index in [0.29, 0.717) is 5.75 Å². The van der Waals surface area contributed by atoms with Crippen LogP contribution in [0.1, 0.15) is 22.4 Å². The molecule has 84 valence electrons. The highest BCUT2D eigenvalue weighted by atomic mass is 32.1. The molecule has 1 aromatic heterocycles. The molecule has 0 atom stereocenters. The van der Waals surface area contributed by atoms with Gasteiger partial charge in [0.2, 0.25) is 0 Å². The van der Waals surface area contributed by atoms with Crippen molar-refractivity contribution in [1.29, 1.82) is 0 Å². The van der Waals surface area contributed by atoms with E-state index in [9.17, 15) is 0 Å². The van der Waals surface area contributed by atoms with Crippen molar-refractivity contribution >= 4 is 24.0 Å². The van der Waals surface area contributed by atoms with Crippen molar-refractivity contribution in [2.75, 3.05) is 0 Å². The third kappa shape index (κ3) is 2.15. The van der Waals surface area contributed by atoms with Crippen LogP contribution in [0.4, 0.5) is 0 Å². The lowest BCUT2D eigenvalue weighted by atomic mass is 10.0. The first-order valence-electron chi connectivity index (χ1n) is 5.25. The third-order valence-electron chi connectivity index (χ3n) is 2.60. The second-order valence-electron chi connectivity index (χ2n) is 4.08. The van der Waals surface area contributed by atoms with Crippen molar-refractivity contribution < 1.29 is 0 Å². The number of nitrogens with zero attached hydrogens (tertiary/aromatic N) is 1. The van der Waals surface area contributed by atoms with Crippen LogP contribution in [0.2, 0.25) is 0 Å². The summed E-state index contributed by atoms with van der Waals surface area (Å²) in [7, 11) is 0. The summed E-state index contributed by atoms with van der Waals surface area (Å²) >= 11 is 5.95. The van der Waals surface area contributed by atoms with Gasteiger partial charge in [0, 0.05) is 16.7 Å². The van der Waals surface area contributed by atoms with E-state index in [1.807, 2.05) is 0 Å². The summed E-state index contributed by atoms with van der Waals surface area (Å²) in [6.07, 6.45) is 0. The number of hydrogen-bond donors (Lipinski definition) is 1. The number of benzene rings is 1. The molecular weight excluding hydrogens is 234 g/mol. The molecule has 0 N–H and O–H groups in total. The van der Waals surface area contributed by atoms with Gasteiger partial charge in [-0.1, -0.05) is 17.7 Å². The fourth-order valence-electron chi connectivity index (χ4n) is 2.01. The van der Waals surface area contributed by atoms with Gasteiger partial charge in [0.05, 0.1) is 5.69 Å². The summed E-state index contributed by atoms with van der Waals surface area (Å²) in [4.78, 5) is 4.59. The summed E-state index contributed by atoms with van der Waals surface area (Å²) in [5.74, 6) is 0.709. The fraction of sp³-hybridized carbons (Fsp3) is 0.308. The molecule has 0 aliphatic rings. The molecule has 0 aliphatic heterocycles. The summed E-state index contributed by atoms with van der Waals surface area (Å²) in [6.45, 7) is 6.43. The summed E-state index contributed by atoms with van der Waals surface area (Å²) in [5.41, 5.74) is 6.26. The van der Waals surface area contributed by atoms with Crippen LogP contribution in [0, 0.1) is 20.8 Å². The van der Waals surface area contributed by atoms with Crippen molar-refractivity contribution in [3.8, 4) is 10.6 Å². The van der Waals surface area contributed by atoms with Gasteiger partial charge in [-0.25, -0.2) is 4.98 Å². The normalized spacial score (nSPS) is 10.8. The lowest BCUT2D eigenvalue weighted by molar-refractivity contribution is 1.22. The van der Waals surface area contributed by atoms with E-state index in [-0.39, 0.29) is 0 Å². The first kappa shape index (κ1) is 11.7. The molecule has 0 saturated heterocycles. The van der Waals surface area contributed by atoms with E-state index in [1.165, 1.54) is 22.3 Å². The van der Waals surface area contributed by atoms with E-state index in [4.69, 9.17) is 0 Å². The zero-order valence-corrected chi connectivity index (χ0v) is 11.5. The molecule has 1 heterocycles. The van der Waals surface area contributed by atoms with E-state index >= 15 is 0 Å². The molecule has 2 rings (SSSR count). The largest absolute Gasteiger partial charge is 0.240 e. The molecular formula is C13H15NS2. The topological polar surface area (TPSA) is 12.9 Å². The van der Waals surface area contributed by atoms with Crippen molar-refractivity contribution in [2.45, 2.75) is 26.5 Å². The molecule has 1 nitrogen and oxygen atoms in total. The molecule has 0 saturated carbocycles. The molecule has 1 aromatic carbocycles. The Morgan fingerprint density at radius 3 is 2.31 bits per heavy atom. The average molecular weight is 249 g/mol. The minimum atomic E-state index is 0.709. The van der Waals surface area contributed by atoms with Crippen LogP contribution in [-0.4, -0.2) is 4.98 Å². The number of aromatic nitrogens is 1. The van der Waals surface area contributed by atoms with E-state index in [2.05, 4.69) is 55.9 Å². The van der Waals surface area contributed by atoms with Crippen LogP contribution in [0.3, 0.4) is 0 Å². The number of hydrogen-bond acceptors (Lipinski definition) is 3. The molecule has 2 aromatic rings. The Kier molecular flexibility index (Phi) is 3.36. The Morgan fingerprint density at radius 1 is 1.19 bits per heavy atom. The van der Waals surface area contributed by atoms with Crippen LogP contribution in [0.5, 0.6) is 0 Å². The lowest BCUT2D eigenvalue weighted by Crippen LogP contribution is -1.90. The van der Waals surface area contributed by atoms with Gasteiger partial charge >= 0.3 is 0 Å². The number of thiol groups is 1. The SMILES string of the molecule is Cc1cc(C)c(-c2nc(CS)cs2)c(C)c1. The fourth-order valence-corrected chi connectivity index (χ4v) is 3.29. The lowest BCUT2D eigenvalue weighted by Gasteiger charge is -2.08. The molecule has 0 fully saturated rings. The van der Waals surface area contributed by atoms with E-state index in [0.717, 1.165) is 10.7 Å². The summed E-state index contributed by atoms with van der Waals surface area (Å²) < 4.78 is 0. The minimum absolute atomic E-state index is 0.709. The molecule has 0 aliphatic carbocycles. The Morgan fingerprint density at radius 2 is 1.81 bits per heavy atom. The highest BCUT2D eigenvalue weighted by Gasteiger charge is 2.10. The zero-order chi connectivity index (χ0) is 11.7. The molecule has 0 radical (unpaired) electrons. The maximum absolute atomic E-state index is 4.59. The molecule has 16 heavy (non-hydrogen) atoms. The van der Waals surface area contributed by atoms with Gasteiger partial charge in [-0.3, -0.25) is 0 Å². The van der Waals surface area contributed by atoms with Crippen LogP contribution in [-0.2, 0) is 5.75 Å². The van der Waals surface area contributed by atoms with E-state index < -0.39 is 0 Å². The maximum atomic E-state index is 4.59. The summed E-state index contributed by atoms with van der Waals surface area (Å²) in [6, 6.07) is 4.42. The predicted molar refractivity (Wildman–Crippen MR) is 74.5 cm³/mol. The molecule has 3 heteroatoms. The first-order valence-corrected chi connectivity index (χ1v) is 6.76. The zero-order valence-electron chi connectivity index (χ0n) is 9.74. The van der Waals surface area contributed by atoms with Gasteiger partial charge in [-0.05, 0) is 31.9 Å². The second kappa shape index (κ2) is 4.60. The van der Waals surface area contributed by atoms with Crippen LogP contribution in [0.25, 0.3) is 10.6 Å². The quantitative estimate of drug-likeness (QED) is 0.788. The monoisotopic (exact) mass is 249 g/mol. The molecule has 0 bridgehead atoms. The Labute approximate surface area is 106 Å². The van der Waals surface area contributed by atoms with Gasteiger partial charge in [0.15, 0.2) is 0 Å². The molecule has 0 amide bonds. The highest BCUT2D eigenvalue weighted by Crippen LogP contribution is 2.31. The number of rotatable bonds is 2. The first-order chi connectivity index (χ1) is 7.61. The van der Waals surface area contributed by atoms with Crippen molar-refractivity contribution in [2.24, 2.45) is 0 Å². The van der Waals surface area contributed by atoms with Gasteiger partial charge in [0.25, 0.3) is 0 Å². The number of thiazole rings is 1. The average Bonchev–Trinajstić information content (AvgIpc) is 2.64. The Bertz CT molecular complexity index is 491. The third-order valence-corrected chi connectivity index (χ3v) is 3.84. The maximum Gasteiger partial charge on any atom is 0.124 e. The van der Waals surface area contributed by atoms with Gasteiger partial charge in [-0.2, -0.15) is 12.6 Å². The van der Waals surface area contributed by atoms with Crippen LogP contribution in [0.15, 0.2) is 17.5 Å². The van der Waals surface area contributed by atoms with Crippen molar-refractivity contribution in [3.05, 3.63) is 39.9 Å². The standard InChI is InChI=1S/C13H15NS2/c1-8-4-9(2)12(10(3)5-8)13-14-11(6-15)7-16-13/h4-5,7,15H,6H2,1-3H3. The number of aryl methyl sites for hydroxylation is 3. The van der Waals surface area contributed by atoms with Crippen LogP contribution < -0.4 is 0 Å².